The Hall–Kier alpha value is -1.35. The van der Waals surface area contributed by atoms with Crippen LogP contribution in [0.25, 0.3) is 0 Å². The molecule has 9 heteroatoms. The summed E-state index contributed by atoms with van der Waals surface area (Å²) >= 11 is 0. The summed E-state index contributed by atoms with van der Waals surface area (Å²) < 4.78 is 35.9. The Kier molecular flexibility index (Phi) is 6.94. The highest BCUT2D eigenvalue weighted by atomic mass is 32.2. The molecule has 118 valence electrons. The van der Waals surface area contributed by atoms with Crippen molar-refractivity contribution in [1.29, 1.82) is 0 Å². The first-order chi connectivity index (χ1) is 8.93. The van der Waals surface area contributed by atoms with Crippen molar-refractivity contribution in [3.05, 3.63) is 0 Å². The zero-order valence-electron chi connectivity index (χ0n) is 12.3. The van der Waals surface area contributed by atoms with Crippen molar-refractivity contribution < 1.29 is 31.7 Å². The highest BCUT2D eigenvalue weighted by Crippen LogP contribution is 2.08. The lowest BCUT2D eigenvalue weighted by molar-refractivity contribution is -0.141. The number of carbonyl (C=O) groups is 2. The van der Waals surface area contributed by atoms with Crippen LogP contribution in [0.5, 0.6) is 0 Å². The molecule has 1 unspecified atom stereocenters. The standard InChI is InChI=1S/C11H21NO7S/c1-11(2,3)19-10(14)12-8(6-9(13)17-4)7-18-20(5,15)16/h8H,6-7H2,1-5H3,(H,12,14). The number of hydrogen-bond acceptors (Lipinski definition) is 7. The van der Waals surface area contributed by atoms with Crippen LogP contribution in [-0.4, -0.2) is 52.1 Å². The van der Waals surface area contributed by atoms with Crippen molar-refractivity contribution in [2.24, 2.45) is 0 Å². The van der Waals surface area contributed by atoms with E-state index in [1.807, 2.05) is 0 Å². The van der Waals surface area contributed by atoms with Crippen LogP contribution >= 0.6 is 0 Å². The fraction of sp³-hybridized carbons (Fsp3) is 0.818. The van der Waals surface area contributed by atoms with Gasteiger partial charge in [0.2, 0.25) is 0 Å². The number of ether oxygens (including phenoxy) is 2. The van der Waals surface area contributed by atoms with E-state index in [0.717, 1.165) is 6.26 Å². The topological polar surface area (TPSA) is 108 Å². The normalized spacial score (nSPS) is 13.4. The summed E-state index contributed by atoms with van der Waals surface area (Å²) in [5, 5.41) is 2.36. The van der Waals surface area contributed by atoms with Gasteiger partial charge in [0, 0.05) is 0 Å². The van der Waals surface area contributed by atoms with Gasteiger partial charge in [-0.1, -0.05) is 0 Å². The number of methoxy groups -OCH3 is 1. The minimum Gasteiger partial charge on any atom is -0.469 e. The van der Waals surface area contributed by atoms with Crippen LogP contribution in [0.3, 0.4) is 0 Å². The Balaban J connectivity index is 4.60. The Labute approximate surface area is 118 Å². The van der Waals surface area contributed by atoms with Crippen molar-refractivity contribution >= 4 is 22.2 Å². The molecule has 0 radical (unpaired) electrons. The van der Waals surface area contributed by atoms with Crippen molar-refractivity contribution in [3.63, 3.8) is 0 Å². The minimum atomic E-state index is -3.68. The minimum absolute atomic E-state index is 0.231. The van der Waals surface area contributed by atoms with E-state index in [-0.39, 0.29) is 13.0 Å². The molecule has 0 fully saturated rings. The summed E-state index contributed by atoms with van der Waals surface area (Å²) in [7, 11) is -2.49. The molecule has 0 rings (SSSR count). The van der Waals surface area contributed by atoms with Gasteiger partial charge in [-0.3, -0.25) is 8.98 Å². The Morgan fingerprint density at radius 3 is 2.20 bits per heavy atom. The van der Waals surface area contributed by atoms with Gasteiger partial charge in [0.25, 0.3) is 10.1 Å². The van der Waals surface area contributed by atoms with E-state index in [4.69, 9.17) is 4.74 Å². The fourth-order valence-electron chi connectivity index (χ4n) is 1.12. The van der Waals surface area contributed by atoms with Crippen LogP contribution in [0.2, 0.25) is 0 Å². The van der Waals surface area contributed by atoms with Gasteiger partial charge in [-0.25, -0.2) is 4.79 Å². The van der Waals surface area contributed by atoms with Gasteiger partial charge in [-0.15, -0.1) is 0 Å². The number of amides is 1. The molecule has 0 saturated heterocycles. The van der Waals surface area contributed by atoms with Crippen molar-refractivity contribution in [2.75, 3.05) is 20.0 Å². The molecule has 0 aromatic carbocycles. The third-order valence-corrected chi connectivity index (χ3v) is 2.41. The van der Waals surface area contributed by atoms with E-state index in [1.165, 1.54) is 7.11 Å². The smallest absolute Gasteiger partial charge is 0.407 e. The van der Waals surface area contributed by atoms with Crippen molar-refractivity contribution in [3.8, 4) is 0 Å². The number of carbonyl (C=O) groups excluding carboxylic acids is 2. The maximum Gasteiger partial charge on any atom is 0.407 e. The Bertz CT molecular complexity index is 438. The average Bonchev–Trinajstić information content (AvgIpc) is 2.21. The molecule has 0 saturated carbocycles. The van der Waals surface area contributed by atoms with Gasteiger partial charge in [-0.05, 0) is 20.8 Å². The molecule has 8 nitrogen and oxygen atoms in total. The molecule has 1 N–H and O–H groups in total. The van der Waals surface area contributed by atoms with Gasteiger partial charge in [0.05, 0.1) is 32.4 Å². The molecular weight excluding hydrogens is 290 g/mol. The van der Waals surface area contributed by atoms with Crippen LogP contribution in [0.4, 0.5) is 4.79 Å². The molecule has 0 aromatic heterocycles. The van der Waals surface area contributed by atoms with E-state index in [2.05, 4.69) is 14.2 Å². The SMILES string of the molecule is COC(=O)CC(COS(C)(=O)=O)NC(=O)OC(C)(C)C. The van der Waals surface area contributed by atoms with Crippen LogP contribution in [0.1, 0.15) is 27.2 Å². The molecule has 0 heterocycles. The Morgan fingerprint density at radius 1 is 1.25 bits per heavy atom. The van der Waals surface area contributed by atoms with Gasteiger partial charge in [0.15, 0.2) is 0 Å². The van der Waals surface area contributed by atoms with E-state index < -0.39 is 33.8 Å². The second-order valence-electron chi connectivity index (χ2n) is 5.11. The second-order valence-corrected chi connectivity index (χ2v) is 6.76. The van der Waals surface area contributed by atoms with E-state index in [1.54, 1.807) is 20.8 Å². The lowest BCUT2D eigenvalue weighted by Gasteiger charge is -2.22. The van der Waals surface area contributed by atoms with Crippen molar-refractivity contribution in [2.45, 2.75) is 38.8 Å². The molecule has 0 aromatic rings. The predicted octanol–water partition coefficient (Wildman–Crippen LogP) is 0.419. The monoisotopic (exact) mass is 311 g/mol. The molecule has 0 bridgehead atoms. The maximum absolute atomic E-state index is 11.6. The quantitative estimate of drug-likeness (QED) is 0.559. The summed E-state index contributed by atoms with van der Waals surface area (Å²) in [6.07, 6.45) is -0.135. The fourth-order valence-corrected chi connectivity index (χ4v) is 1.53. The van der Waals surface area contributed by atoms with Gasteiger partial charge < -0.3 is 14.8 Å². The van der Waals surface area contributed by atoms with E-state index in [0.29, 0.717) is 0 Å². The van der Waals surface area contributed by atoms with Crippen LogP contribution in [-0.2, 0) is 28.6 Å². The lowest BCUT2D eigenvalue weighted by Crippen LogP contribution is -2.43. The largest absolute Gasteiger partial charge is 0.469 e. The van der Waals surface area contributed by atoms with E-state index in [9.17, 15) is 18.0 Å². The molecule has 1 atom stereocenters. The molecule has 20 heavy (non-hydrogen) atoms. The highest BCUT2D eigenvalue weighted by molar-refractivity contribution is 7.85. The predicted molar refractivity (Wildman–Crippen MR) is 70.6 cm³/mol. The van der Waals surface area contributed by atoms with Crippen LogP contribution in [0, 0.1) is 0 Å². The molecule has 0 spiro atoms. The zero-order valence-corrected chi connectivity index (χ0v) is 13.1. The lowest BCUT2D eigenvalue weighted by atomic mass is 10.2. The number of alkyl carbamates (subject to hydrolysis) is 1. The Morgan fingerprint density at radius 2 is 1.80 bits per heavy atom. The zero-order chi connectivity index (χ0) is 16.0. The van der Waals surface area contributed by atoms with Crippen molar-refractivity contribution in [1.82, 2.24) is 5.32 Å². The summed E-state index contributed by atoms with van der Waals surface area (Å²) in [5.74, 6) is -0.608. The number of rotatable bonds is 6. The molecule has 0 aliphatic rings. The third kappa shape index (κ3) is 10.6. The van der Waals surface area contributed by atoms with Gasteiger partial charge in [-0.2, -0.15) is 8.42 Å². The first-order valence-corrected chi connectivity index (χ1v) is 7.65. The van der Waals surface area contributed by atoms with Crippen LogP contribution in [0.15, 0.2) is 0 Å². The van der Waals surface area contributed by atoms with Gasteiger partial charge in [0.1, 0.15) is 5.60 Å². The average molecular weight is 311 g/mol. The first kappa shape index (κ1) is 18.7. The molecule has 0 aliphatic heterocycles. The number of esters is 1. The van der Waals surface area contributed by atoms with E-state index >= 15 is 0 Å². The molecular formula is C11H21NO7S. The number of hydrogen-bond donors (Lipinski definition) is 1. The molecule has 1 amide bonds. The third-order valence-electron chi connectivity index (χ3n) is 1.84. The summed E-state index contributed by atoms with van der Waals surface area (Å²) in [6.45, 7) is 4.64. The maximum atomic E-state index is 11.6. The van der Waals surface area contributed by atoms with Crippen LogP contribution < -0.4 is 5.32 Å². The van der Waals surface area contributed by atoms with Gasteiger partial charge >= 0.3 is 12.1 Å². The number of nitrogens with one attached hydrogen (secondary N) is 1. The molecule has 0 aliphatic carbocycles. The summed E-state index contributed by atoms with van der Waals surface area (Å²) in [5.41, 5.74) is -0.711. The summed E-state index contributed by atoms with van der Waals surface area (Å²) in [6, 6.07) is -0.868. The second kappa shape index (κ2) is 7.44. The summed E-state index contributed by atoms with van der Waals surface area (Å²) in [4.78, 5) is 22.8. The highest BCUT2D eigenvalue weighted by Gasteiger charge is 2.23. The first-order valence-electron chi connectivity index (χ1n) is 5.83.